The monoisotopic (exact) mass is 373 g/mol. The zero-order valence-corrected chi connectivity index (χ0v) is 15.8. The van der Waals surface area contributed by atoms with Gasteiger partial charge in [-0.3, -0.25) is 0 Å². The zero-order chi connectivity index (χ0) is 19.2. The third-order valence-electron chi connectivity index (χ3n) is 4.50. The van der Waals surface area contributed by atoms with Crippen molar-refractivity contribution in [1.29, 1.82) is 0 Å². The van der Waals surface area contributed by atoms with E-state index in [2.05, 4.69) is 37.9 Å². The molecule has 6 nitrogen and oxygen atoms in total. The molecule has 4 rings (SSSR count). The summed E-state index contributed by atoms with van der Waals surface area (Å²) in [5.41, 5.74) is 4.19. The van der Waals surface area contributed by atoms with Gasteiger partial charge in [0.05, 0.1) is 12.3 Å². The highest BCUT2D eigenvalue weighted by molar-refractivity contribution is 6.01. The number of nitrogens with one attached hydrogen (secondary N) is 2. The fourth-order valence-electron chi connectivity index (χ4n) is 3.07. The maximum absolute atomic E-state index is 5.56. The van der Waals surface area contributed by atoms with Crippen molar-refractivity contribution in [2.45, 2.75) is 26.0 Å². The second-order valence-corrected chi connectivity index (χ2v) is 6.77. The van der Waals surface area contributed by atoms with Crippen LogP contribution >= 0.6 is 0 Å². The lowest BCUT2D eigenvalue weighted by molar-refractivity contribution is 0.0948. The Balaban J connectivity index is 1.32. The average molecular weight is 373 g/mol. The first-order valence-electron chi connectivity index (χ1n) is 9.42. The van der Waals surface area contributed by atoms with Crippen LogP contribution in [0.3, 0.4) is 0 Å². The minimum Gasteiger partial charge on any atom is -0.390 e. The molecule has 0 saturated heterocycles. The molecule has 0 fully saturated rings. The van der Waals surface area contributed by atoms with Crippen molar-refractivity contribution in [3.05, 3.63) is 83.6 Å². The van der Waals surface area contributed by atoms with Crippen LogP contribution in [0.25, 0.3) is 0 Å². The van der Waals surface area contributed by atoms with E-state index in [0.717, 1.165) is 35.8 Å². The van der Waals surface area contributed by atoms with Gasteiger partial charge in [-0.05, 0) is 18.1 Å². The van der Waals surface area contributed by atoms with Crippen LogP contribution in [-0.2, 0) is 11.4 Å². The number of anilines is 2. The molecule has 6 heteroatoms. The number of rotatable bonds is 7. The third kappa shape index (κ3) is 4.65. The number of hydrogen-bond donors (Lipinski definition) is 2. The first-order valence-corrected chi connectivity index (χ1v) is 9.42. The number of benzene rings is 2. The standard InChI is InChI=1S/C22H23N5O/c1-16-12-21(23-14-17-8-4-2-5-9-17)26-22(25-16)24-15-19-13-20(27-28-19)18-10-6-3-7-11-18/h2-12,19H,13-15H2,1H3,(H2,23,24,25,26). The minimum atomic E-state index is -0.0277. The van der Waals surface area contributed by atoms with E-state index in [9.17, 15) is 0 Å². The largest absolute Gasteiger partial charge is 0.390 e. The van der Waals surface area contributed by atoms with Crippen molar-refractivity contribution in [3.8, 4) is 0 Å². The number of hydrogen-bond acceptors (Lipinski definition) is 6. The zero-order valence-electron chi connectivity index (χ0n) is 15.8. The van der Waals surface area contributed by atoms with Crippen LogP contribution in [0.4, 0.5) is 11.8 Å². The summed E-state index contributed by atoms with van der Waals surface area (Å²) >= 11 is 0. The molecular weight excluding hydrogens is 350 g/mol. The Morgan fingerprint density at radius 1 is 0.964 bits per heavy atom. The van der Waals surface area contributed by atoms with Gasteiger partial charge in [-0.2, -0.15) is 4.98 Å². The topological polar surface area (TPSA) is 71.4 Å². The highest BCUT2D eigenvalue weighted by atomic mass is 16.6. The van der Waals surface area contributed by atoms with Crippen LogP contribution in [-0.4, -0.2) is 28.3 Å². The van der Waals surface area contributed by atoms with Crippen molar-refractivity contribution in [2.24, 2.45) is 5.16 Å². The molecule has 0 saturated carbocycles. The number of aryl methyl sites for hydroxylation is 1. The van der Waals surface area contributed by atoms with E-state index >= 15 is 0 Å². The van der Waals surface area contributed by atoms with Crippen molar-refractivity contribution in [3.63, 3.8) is 0 Å². The van der Waals surface area contributed by atoms with E-state index in [4.69, 9.17) is 4.84 Å². The lowest BCUT2D eigenvalue weighted by Crippen LogP contribution is -2.21. The molecule has 0 spiro atoms. The summed E-state index contributed by atoms with van der Waals surface area (Å²) in [6.45, 7) is 3.28. The predicted molar refractivity (Wildman–Crippen MR) is 111 cm³/mol. The molecular formula is C22H23N5O. The lowest BCUT2D eigenvalue weighted by Gasteiger charge is -2.12. The smallest absolute Gasteiger partial charge is 0.224 e. The normalized spacial score (nSPS) is 15.6. The Morgan fingerprint density at radius 3 is 2.50 bits per heavy atom. The van der Waals surface area contributed by atoms with Crippen LogP contribution in [0.5, 0.6) is 0 Å². The van der Waals surface area contributed by atoms with E-state index in [1.165, 1.54) is 5.56 Å². The Morgan fingerprint density at radius 2 is 1.71 bits per heavy atom. The summed E-state index contributed by atoms with van der Waals surface area (Å²) in [7, 11) is 0. The molecule has 1 aromatic heterocycles. The molecule has 2 aromatic carbocycles. The maximum atomic E-state index is 5.56. The Labute approximate surface area is 164 Å². The average Bonchev–Trinajstić information content (AvgIpc) is 3.21. The summed E-state index contributed by atoms with van der Waals surface area (Å²) in [5.74, 6) is 1.39. The molecule has 0 bridgehead atoms. The molecule has 28 heavy (non-hydrogen) atoms. The van der Waals surface area contributed by atoms with Crippen LogP contribution in [0.2, 0.25) is 0 Å². The predicted octanol–water partition coefficient (Wildman–Crippen LogP) is 4.00. The summed E-state index contributed by atoms with van der Waals surface area (Å²) < 4.78 is 0. The highest BCUT2D eigenvalue weighted by Crippen LogP contribution is 2.17. The van der Waals surface area contributed by atoms with Gasteiger partial charge in [0.2, 0.25) is 5.95 Å². The van der Waals surface area contributed by atoms with E-state index in [-0.39, 0.29) is 6.10 Å². The van der Waals surface area contributed by atoms with E-state index in [1.807, 2.05) is 61.5 Å². The number of oxime groups is 1. The molecule has 0 aliphatic carbocycles. The number of nitrogens with zero attached hydrogens (tertiary/aromatic N) is 3. The third-order valence-corrected chi connectivity index (χ3v) is 4.50. The molecule has 2 heterocycles. The first-order chi connectivity index (χ1) is 13.8. The molecule has 1 aliphatic rings. The van der Waals surface area contributed by atoms with Crippen molar-refractivity contribution in [2.75, 3.05) is 17.2 Å². The van der Waals surface area contributed by atoms with Crippen molar-refractivity contribution >= 4 is 17.5 Å². The Kier molecular flexibility index (Phi) is 5.47. The second kappa shape index (κ2) is 8.52. The lowest BCUT2D eigenvalue weighted by atomic mass is 10.1. The quantitative estimate of drug-likeness (QED) is 0.655. The van der Waals surface area contributed by atoms with Gasteiger partial charge in [-0.25, -0.2) is 4.98 Å². The fraction of sp³-hybridized carbons (Fsp3) is 0.227. The van der Waals surface area contributed by atoms with Gasteiger partial charge in [-0.15, -0.1) is 0 Å². The second-order valence-electron chi connectivity index (χ2n) is 6.77. The Bertz CT molecular complexity index is 944. The molecule has 3 aromatic rings. The van der Waals surface area contributed by atoms with Gasteiger partial charge in [0.15, 0.2) is 0 Å². The maximum Gasteiger partial charge on any atom is 0.224 e. The SMILES string of the molecule is Cc1cc(NCc2ccccc2)nc(NCC2CC(c3ccccc3)=NO2)n1. The fourth-order valence-corrected chi connectivity index (χ4v) is 3.07. The summed E-state index contributed by atoms with van der Waals surface area (Å²) in [4.78, 5) is 14.6. The van der Waals surface area contributed by atoms with Crippen LogP contribution in [0.1, 0.15) is 23.2 Å². The summed E-state index contributed by atoms with van der Waals surface area (Å²) in [6.07, 6.45) is 0.738. The van der Waals surface area contributed by atoms with Gasteiger partial charge in [-0.1, -0.05) is 65.8 Å². The molecule has 142 valence electrons. The first kappa shape index (κ1) is 18.0. The number of aromatic nitrogens is 2. The van der Waals surface area contributed by atoms with Gasteiger partial charge in [0.25, 0.3) is 0 Å². The molecule has 2 N–H and O–H groups in total. The van der Waals surface area contributed by atoms with Crippen LogP contribution < -0.4 is 10.6 Å². The van der Waals surface area contributed by atoms with Crippen molar-refractivity contribution in [1.82, 2.24) is 9.97 Å². The molecule has 1 aliphatic heterocycles. The van der Waals surface area contributed by atoms with Gasteiger partial charge in [0, 0.05) is 24.7 Å². The molecule has 0 radical (unpaired) electrons. The van der Waals surface area contributed by atoms with Crippen LogP contribution in [0, 0.1) is 6.92 Å². The van der Waals surface area contributed by atoms with E-state index < -0.39 is 0 Å². The molecule has 1 unspecified atom stereocenters. The minimum absolute atomic E-state index is 0.0277. The highest BCUT2D eigenvalue weighted by Gasteiger charge is 2.22. The van der Waals surface area contributed by atoms with Gasteiger partial charge >= 0.3 is 0 Å². The van der Waals surface area contributed by atoms with E-state index in [0.29, 0.717) is 12.5 Å². The molecule has 1 atom stereocenters. The van der Waals surface area contributed by atoms with Crippen molar-refractivity contribution < 1.29 is 4.84 Å². The van der Waals surface area contributed by atoms with Crippen LogP contribution in [0.15, 0.2) is 71.9 Å². The molecule has 0 amide bonds. The van der Waals surface area contributed by atoms with Gasteiger partial charge < -0.3 is 15.5 Å². The summed E-state index contributed by atoms with van der Waals surface area (Å²) in [6, 6.07) is 22.3. The van der Waals surface area contributed by atoms with E-state index in [1.54, 1.807) is 0 Å². The Hall–Kier alpha value is -3.41. The van der Waals surface area contributed by atoms with Gasteiger partial charge in [0.1, 0.15) is 11.9 Å². The summed E-state index contributed by atoms with van der Waals surface area (Å²) in [5, 5.41) is 10.9.